The minimum atomic E-state index is -0.884. The quantitative estimate of drug-likeness (QED) is 0.868. The smallest absolute Gasteiger partial charge is 0.129 e. The largest absolute Gasteiger partial charge is 0.384 e. The molecule has 1 atom stereocenters. The fourth-order valence-electron chi connectivity index (χ4n) is 2.81. The van der Waals surface area contributed by atoms with Crippen molar-refractivity contribution in [1.82, 2.24) is 0 Å². The number of aliphatic hydroxyl groups is 1. The van der Waals surface area contributed by atoms with E-state index < -0.39 is 6.10 Å². The minimum absolute atomic E-state index is 0.349. The van der Waals surface area contributed by atoms with Crippen molar-refractivity contribution in [3.8, 4) is 0 Å². The molecule has 0 saturated heterocycles. The zero-order valence-corrected chi connectivity index (χ0v) is 11.0. The van der Waals surface area contributed by atoms with E-state index in [1.165, 1.54) is 23.6 Å². The molecule has 1 aliphatic rings. The van der Waals surface area contributed by atoms with Crippen molar-refractivity contribution in [1.29, 1.82) is 0 Å². The molecule has 0 fully saturated rings. The van der Waals surface area contributed by atoms with Crippen molar-refractivity contribution >= 4 is 0 Å². The molecule has 98 valence electrons. The number of hydrogen-bond donors (Lipinski definition) is 1. The SMILES string of the molecule is Cc1ccc(F)c(C(O)c2ccc3c(c2)CCC3)c1. The molecular weight excluding hydrogens is 239 g/mol. The molecular formula is C17H17FO. The van der Waals surface area contributed by atoms with Crippen LogP contribution in [0.1, 0.15) is 40.3 Å². The summed E-state index contributed by atoms with van der Waals surface area (Å²) in [6.07, 6.45) is 2.47. The van der Waals surface area contributed by atoms with Crippen LogP contribution in [0.25, 0.3) is 0 Å². The normalized spacial score (nSPS) is 15.3. The standard InChI is InChI=1S/C17H17FO/c1-11-5-8-16(18)15(9-11)17(19)14-7-6-12-3-2-4-13(12)10-14/h5-10,17,19H,2-4H2,1H3. The molecule has 2 heteroatoms. The highest BCUT2D eigenvalue weighted by molar-refractivity contribution is 5.40. The fourth-order valence-corrected chi connectivity index (χ4v) is 2.81. The third-order valence-corrected chi connectivity index (χ3v) is 3.88. The van der Waals surface area contributed by atoms with Crippen LogP contribution in [-0.4, -0.2) is 5.11 Å². The third kappa shape index (κ3) is 2.28. The van der Waals surface area contributed by atoms with E-state index in [-0.39, 0.29) is 5.82 Å². The summed E-state index contributed by atoms with van der Waals surface area (Å²) in [7, 11) is 0. The molecule has 1 nitrogen and oxygen atoms in total. The van der Waals surface area contributed by atoms with Gasteiger partial charge in [-0.15, -0.1) is 0 Å². The lowest BCUT2D eigenvalue weighted by Crippen LogP contribution is -2.04. The van der Waals surface area contributed by atoms with Crippen molar-refractivity contribution in [2.24, 2.45) is 0 Å². The first-order chi connectivity index (χ1) is 9.15. The average Bonchev–Trinajstić information content (AvgIpc) is 2.88. The van der Waals surface area contributed by atoms with Gasteiger partial charge in [-0.25, -0.2) is 4.39 Å². The highest BCUT2D eigenvalue weighted by atomic mass is 19.1. The molecule has 0 aromatic heterocycles. The van der Waals surface area contributed by atoms with Gasteiger partial charge in [0, 0.05) is 5.56 Å². The van der Waals surface area contributed by atoms with Crippen molar-refractivity contribution in [2.45, 2.75) is 32.3 Å². The summed E-state index contributed by atoms with van der Waals surface area (Å²) in [4.78, 5) is 0. The number of aliphatic hydroxyl groups excluding tert-OH is 1. The maximum atomic E-state index is 13.8. The fraction of sp³-hybridized carbons (Fsp3) is 0.294. The Morgan fingerprint density at radius 2 is 1.84 bits per heavy atom. The Bertz CT molecular complexity index is 619. The lowest BCUT2D eigenvalue weighted by atomic mass is 9.96. The number of benzene rings is 2. The zero-order valence-electron chi connectivity index (χ0n) is 11.0. The van der Waals surface area contributed by atoms with E-state index in [9.17, 15) is 9.50 Å². The topological polar surface area (TPSA) is 20.2 Å². The molecule has 1 aliphatic carbocycles. The zero-order chi connectivity index (χ0) is 13.4. The second-order valence-corrected chi connectivity index (χ2v) is 5.31. The molecule has 1 unspecified atom stereocenters. The Kier molecular flexibility index (Phi) is 3.11. The molecule has 2 aromatic rings. The van der Waals surface area contributed by atoms with E-state index in [4.69, 9.17) is 0 Å². The molecule has 0 radical (unpaired) electrons. The number of fused-ring (bicyclic) bond motifs is 1. The number of aryl methyl sites for hydroxylation is 3. The summed E-state index contributed by atoms with van der Waals surface area (Å²) in [5.41, 5.74) is 4.75. The van der Waals surface area contributed by atoms with Gasteiger partial charge in [-0.3, -0.25) is 0 Å². The molecule has 0 saturated carbocycles. The van der Waals surface area contributed by atoms with Gasteiger partial charge in [0.25, 0.3) is 0 Å². The molecule has 3 rings (SSSR count). The summed E-state index contributed by atoms with van der Waals surface area (Å²) < 4.78 is 13.8. The second kappa shape index (κ2) is 4.78. The van der Waals surface area contributed by atoms with Gasteiger partial charge in [-0.1, -0.05) is 35.9 Å². The summed E-state index contributed by atoms with van der Waals surface area (Å²) >= 11 is 0. The Labute approximate surface area is 112 Å². The van der Waals surface area contributed by atoms with Crippen molar-refractivity contribution in [3.05, 3.63) is 70.0 Å². The van der Waals surface area contributed by atoms with Crippen molar-refractivity contribution in [3.63, 3.8) is 0 Å². The summed E-state index contributed by atoms with van der Waals surface area (Å²) in [5, 5.41) is 10.4. The van der Waals surface area contributed by atoms with Crippen LogP contribution in [0.2, 0.25) is 0 Å². The lowest BCUT2D eigenvalue weighted by molar-refractivity contribution is 0.215. The van der Waals surface area contributed by atoms with E-state index in [0.717, 1.165) is 24.0 Å². The van der Waals surface area contributed by atoms with E-state index >= 15 is 0 Å². The van der Waals surface area contributed by atoms with Gasteiger partial charge < -0.3 is 5.11 Å². The van der Waals surface area contributed by atoms with Gasteiger partial charge in [0.1, 0.15) is 11.9 Å². The van der Waals surface area contributed by atoms with Crippen molar-refractivity contribution < 1.29 is 9.50 Å². The van der Waals surface area contributed by atoms with Gasteiger partial charge in [0.2, 0.25) is 0 Å². The third-order valence-electron chi connectivity index (χ3n) is 3.88. The Morgan fingerprint density at radius 1 is 1.05 bits per heavy atom. The number of halogens is 1. The number of hydrogen-bond acceptors (Lipinski definition) is 1. The van der Waals surface area contributed by atoms with Gasteiger partial charge in [-0.05, 0) is 48.9 Å². The summed E-state index contributed by atoms with van der Waals surface area (Å²) in [6.45, 7) is 1.90. The Hall–Kier alpha value is -1.67. The monoisotopic (exact) mass is 256 g/mol. The minimum Gasteiger partial charge on any atom is -0.384 e. The molecule has 0 aliphatic heterocycles. The predicted octanol–water partition coefficient (Wildman–Crippen LogP) is 3.70. The maximum Gasteiger partial charge on any atom is 0.129 e. The van der Waals surface area contributed by atoms with E-state index in [1.807, 2.05) is 19.1 Å². The van der Waals surface area contributed by atoms with E-state index in [2.05, 4.69) is 6.07 Å². The lowest BCUT2D eigenvalue weighted by Gasteiger charge is -2.14. The van der Waals surface area contributed by atoms with E-state index in [0.29, 0.717) is 5.56 Å². The van der Waals surface area contributed by atoms with Crippen LogP contribution >= 0.6 is 0 Å². The first-order valence-corrected chi connectivity index (χ1v) is 6.71. The van der Waals surface area contributed by atoms with Gasteiger partial charge >= 0.3 is 0 Å². The highest BCUT2D eigenvalue weighted by Gasteiger charge is 2.18. The van der Waals surface area contributed by atoms with Crippen LogP contribution in [-0.2, 0) is 12.8 Å². The summed E-state index contributed by atoms with van der Waals surface area (Å²) in [5.74, 6) is -0.349. The van der Waals surface area contributed by atoms with Crippen LogP contribution in [0, 0.1) is 12.7 Å². The van der Waals surface area contributed by atoms with Crippen LogP contribution in [0.3, 0.4) is 0 Å². The molecule has 19 heavy (non-hydrogen) atoms. The first kappa shape index (κ1) is 12.4. The Balaban J connectivity index is 1.99. The van der Waals surface area contributed by atoms with Crippen LogP contribution in [0.4, 0.5) is 4.39 Å². The molecule has 1 N–H and O–H groups in total. The first-order valence-electron chi connectivity index (χ1n) is 6.71. The number of rotatable bonds is 2. The molecule has 0 bridgehead atoms. The predicted molar refractivity (Wildman–Crippen MR) is 73.7 cm³/mol. The van der Waals surface area contributed by atoms with E-state index in [1.54, 1.807) is 12.1 Å². The second-order valence-electron chi connectivity index (χ2n) is 5.31. The highest BCUT2D eigenvalue weighted by Crippen LogP contribution is 2.29. The van der Waals surface area contributed by atoms with Gasteiger partial charge in [0.15, 0.2) is 0 Å². The molecule has 0 spiro atoms. The maximum absolute atomic E-state index is 13.8. The van der Waals surface area contributed by atoms with Crippen LogP contribution in [0.15, 0.2) is 36.4 Å². The Morgan fingerprint density at radius 3 is 2.68 bits per heavy atom. The van der Waals surface area contributed by atoms with Gasteiger partial charge in [0.05, 0.1) is 0 Å². The van der Waals surface area contributed by atoms with Crippen LogP contribution < -0.4 is 0 Å². The van der Waals surface area contributed by atoms with Crippen LogP contribution in [0.5, 0.6) is 0 Å². The van der Waals surface area contributed by atoms with Gasteiger partial charge in [-0.2, -0.15) is 0 Å². The molecule has 2 aromatic carbocycles. The van der Waals surface area contributed by atoms with Crippen molar-refractivity contribution in [2.75, 3.05) is 0 Å². The summed E-state index contributed by atoms with van der Waals surface area (Å²) in [6, 6.07) is 10.8. The molecule has 0 heterocycles. The molecule has 0 amide bonds. The average molecular weight is 256 g/mol.